The summed E-state index contributed by atoms with van der Waals surface area (Å²) in [4.78, 5) is 15.7. The summed E-state index contributed by atoms with van der Waals surface area (Å²) in [5.74, 6) is 1.70. The van der Waals surface area contributed by atoms with Crippen LogP contribution in [0.3, 0.4) is 0 Å². The summed E-state index contributed by atoms with van der Waals surface area (Å²) >= 11 is 0. The van der Waals surface area contributed by atoms with Crippen molar-refractivity contribution in [3.05, 3.63) is 36.7 Å². The van der Waals surface area contributed by atoms with Crippen LogP contribution in [0.1, 0.15) is 19.8 Å². The fourth-order valence-electron chi connectivity index (χ4n) is 3.25. The van der Waals surface area contributed by atoms with Gasteiger partial charge in [0.25, 0.3) is 0 Å². The maximum Gasteiger partial charge on any atom is 0.157 e. The summed E-state index contributed by atoms with van der Waals surface area (Å²) in [5.41, 5.74) is 8.38. The van der Waals surface area contributed by atoms with Crippen molar-refractivity contribution in [2.45, 2.75) is 19.8 Å². The van der Waals surface area contributed by atoms with Crippen LogP contribution in [0.4, 0.5) is 23.0 Å². The first-order valence-corrected chi connectivity index (χ1v) is 9.07. The molecular formula is C19H28N6. The van der Waals surface area contributed by atoms with Crippen LogP contribution in [0.5, 0.6) is 0 Å². The number of unbranched alkanes of at least 4 members (excludes halogenated alkanes) is 1. The topological polar surface area (TPSA) is 61.5 Å². The number of para-hydroxylation sites is 1. The van der Waals surface area contributed by atoms with Crippen LogP contribution in [-0.2, 0) is 0 Å². The maximum atomic E-state index is 6.41. The second-order valence-electron chi connectivity index (χ2n) is 6.52. The summed E-state index contributed by atoms with van der Waals surface area (Å²) in [7, 11) is 2.05. The molecular weight excluding hydrogens is 312 g/mol. The molecule has 0 spiro atoms. The van der Waals surface area contributed by atoms with Gasteiger partial charge in [0.1, 0.15) is 12.0 Å². The van der Waals surface area contributed by atoms with Crippen LogP contribution >= 0.6 is 0 Å². The van der Waals surface area contributed by atoms with Crippen molar-refractivity contribution in [1.29, 1.82) is 0 Å². The van der Waals surface area contributed by atoms with Gasteiger partial charge < -0.3 is 20.4 Å². The zero-order valence-corrected chi connectivity index (χ0v) is 15.2. The molecule has 1 aromatic carbocycles. The Morgan fingerprint density at radius 1 is 1.04 bits per heavy atom. The molecule has 2 heterocycles. The Morgan fingerprint density at radius 3 is 2.40 bits per heavy atom. The molecule has 0 saturated carbocycles. The molecule has 6 nitrogen and oxygen atoms in total. The van der Waals surface area contributed by atoms with Crippen LogP contribution < -0.4 is 20.4 Å². The lowest BCUT2D eigenvalue weighted by Gasteiger charge is -2.37. The van der Waals surface area contributed by atoms with Gasteiger partial charge in [-0.05, 0) is 18.6 Å². The molecule has 1 fully saturated rings. The van der Waals surface area contributed by atoms with Crippen LogP contribution in [0, 0.1) is 0 Å². The molecule has 2 N–H and O–H groups in total. The van der Waals surface area contributed by atoms with Crippen molar-refractivity contribution in [2.75, 3.05) is 60.2 Å². The number of aromatic nitrogens is 2. The smallest absolute Gasteiger partial charge is 0.157 e. The van der Waals surface area contributed by atoms with E-state index in [1.54, 1.807) is 6.33 Å². The number of piperazine rings is 1. The van der Waals surface area contributed by atoms with Gasteiger partial charge in [0.2, 0.25) is 0 Å². The number of nitrogens with zero attached hydrogens (tertiary/aromatic N) is 5. The highest BCUT2D eigenvalue weighted by molar-refractivity contribution is 5.75. The Labute approximate surface area is 150 Å². The molecule has 134 valence electrons. The molecule has 1 saturated heterocycles. The van der Waals surface area contributed by atoms with Crippen molar-refractivity contribution < 1.29 is 0 Å². The Morgan fingerprint density at radius 2 is 1.72 bits per heavy atom. The molecule has 0 amide bonds. The van der Waals surface area contributed by atoms with Crippen LogP contribution in [0.2, 0.25) is 0 Å². The van der Waals surface area contributed by atoms with Crippen molar-refractivity contribution in [3.63, 3.8) is 0 Å². The van der Waals surface area contributed by atoms with Gasteiger partial charge >= 0.3 is 0 Å². The van der Waals surface area contributed by atoms with Gasteiger partial charge in [0, 0.05) is 45.5 Å². The van der Waals surface area contributed by atoms with Gasteiger partial charge in [-0.25, -0.2) is 9.97 Å². The summed E-state index contributed by atoms with van der Waals surface area (Å²) < 4.78 is 0. The number of benzene rings is 1. The minimum absolute atomic E-state index is 0.689. The lowest BCUT2D eigenvalue weighted by molar-refractivity contribution is 0.647. The van der Waals surface area contributed by atoms with E-state index in [4.69, 9.17) is 5.73 Å². The highest BCUT2D eigenvalue weighted by Gasteiger charge is 2.22. The molecule has 0 bridgehead atoms. The van der Waals surface area contributed by atoms with E-state index >= 15 is 0 Å². The molecule has 0 radical (unpaired) electrons. The highest BCUT2D eigenvalue weighted by atomic mass is 15.3. The minimum Gasteiger partial charge on any atom is -0.393 e. The van der Waals surface area contributed by atoms with E-state index in [0.29, 0.717) is 5.69 Å². The average Bonchev–Trinajstić information content (AvgIpc) is 2.67. The highest BCUT2D eigenvalue weighted by Crippen LogP contribution is 2.29. The Bertz CT molecular complexity index is 667. The second kappa shape index (κ2) is 8.05. The molecule has 1 aromatic heterocycles. The number of hydrogen-bond donors (Lipinski definition) is 1. The number of hydrogen-bond acceptors (Lipinski definition) is 6. The quantitative estimate of drug-likeness (QED) is 0.872. The van der Waals surface area contributed by atoms with E-state index in [-0.39, 0.29) is 0 Å². The average molecular weight is 340 g/mol. The summed E-state index contributed by atoms with van der Waals surface area (Å²) in [6.07, 6.45) is 3.92. The number of anilines is 4. The first-order chi connectivity index (χ1) is 12.2. The van der Waals surface area contributed by atoms with Gasteiger partial charge in [-0.1, -0.05) is 31.5 Å². The van der Waals surface area contributed by atoms with Gasteiger partial charge in [-0.2, -0.15) is 0 Å². The van der Waals surface area contributed by atoms with Crippen molar-refractivity contribution in [1.82, 2.24) is 9.97 Å². The monoisotopic (exact) mass is 340 g/mol. The predicted molar refractivity (Wildman–Crippen MR) is 105 cm³/mol. The third kappa shape index (κ3) is 3.95. The fourth-order valence-corrected chi connectivity index (χ4v) is 3.25. The molecule has 3 rings (SSSR count). The van der Waals surface area contributed by atoms with Gasteiger partial charge in [-0.15, -0.1) is 0 Å². The molecule has 6 heteroatoms. The zero-order valence-electron chi connectivity index (χ0n) is 15.2. The number of nitrogens with two attached hydrogens (primary N) is 1. The van der Waals surface area contributed by atoms with E-state index in [0.717, 1.165) is 57.2 Å². The third-order valence-electron chi connectivity index (χ3n) is 4.75. The first-order valence-electron chi connectivity index (χ1n) is 9.07. The van der Waals surface area contributed by atoms with Gasteiger partial charge in [-0.3, -0.25) is 0 Å². The Balaban J connectivity index is 1.69. The Hall–Kier alpha value is -2.50. The fraction of sp³-hybridized carbons (Fsp3) is 0.474. The lowest BCUT2D eigenvalue weighted by atomic mass is 10.2. The van der Waals surface area contributed by atoms with Crippen molar-refractivity contribution in [3.8, 4) is 0 Å². The van der Waals surface area contributed by atoms with Crippen LogP contribution in [0.25, 0.3) is 0 Å². The van der Waals surface area contributed by atoms with Crippen LogP contribution in [-0.4, -0.2) is 49.7 Å². The molecule has 0 aliphatic carbocycles. The van der Waals surface area contributed by atoms with E-state index < -0.39 is 0 Å². The third-order valence-corrected chi connectivity index (χ3v) is 4.75. The first kappa shape index (κ1) is 17.3. The lowest BCUT2D eigenvalue weighted by Crippen LogP contribution is -2.47. The standard InChI is InChI=1S/C19H28N6/c1-3-4-10-23(2)18-17(20)19(22-15-21-18)25-13-11-24(12-14-25)16-8-6-5-7-9-16/h5-9,15H,3-4,10-14,20H2,1-2H3. The van der Waals surface area contributed by atoms with Gasteiger partial charge in [0.05, 0.1) is 0 Å². The van der Waals surface area contributed by atoms with E-state index in [1.165, 1.54) is 5.69 Å². The SMILES string of the molecule is CCCCN(C)c1ncnc(N2CCN(c3ccccc3)CC2)c1N. The normalized spacial score (nSPS) is 14.6. The molecule has 2 aromatic rings. The van der Waals surface area contributed by atoms with E-state index in [2.05, 4.69) is 61.9 Å². The van der Waals surface area contributed by atoms with Crippen molar-refractivity contribution in [2.24, 2.45) is 0 Å². The van der Waals surface area contributed by atoms with E-state index in [9.17, 15) is 0 Å². The number of rotatable bonds is 6. The largest absolute Gasteiger partial charge is 0.393 e. The molecule has 1 aliphatic heterocycles. The second-order valence-corrected chi connectivity index (χ2v) is 6.52. The molecule has 25 heavy (non-hydrogen) atoms. The van der Waals surface area contributed by atoms with E-state index in [1.807, 2.05) is 7.05 Å². The maximum absolute atomic E-state index is 6.41. The summed E-state index contributed by atoms with van der Waals surface area (Å²) in [6, 6.07) is 10.5. The predicted octanol–water partition coefficient (Wildman–Crippen LogP) is 2.62. The van der Waals surface area contributed by atoms with Crippen LogP contribution in [0.15, 0.2) is 36.7 Å². The molecule has 1 aliphatic rings. The summed E-state index contributed by atoms with van der Waals surface area (Å²) in [6.45, 7) is 6.90. The molecule has 0 unspecified atom stereocenters. The zero-order chi connectivity index (χ0) is 17.6. The minimum atomic E-state index is 0.689. The number of nitrogen functional groups attached to an aromatic ring is 1. The summed E-state index contributed by atoms with van der Waals surface area (Å²) in [5, 5.41) is 0. The Kier molecular flexibility index (Phi) is 5.58. The van der Waals surface area contributed by atoms with Gasteiger partial charge in [0.15, 0.2) is 11.6 Å². The molecule has 0 atom stereocenters. The van der Waals surface area contributed by atoms with Crippen molar-refractivity contribution >= 4 is 23.0 Å².